The first-order valence-electron chi connectivity index (χ1n) is 12.1. The number of hydrogen-bond donors (Lipinski definition) is 1. The Kier molecular flexibility index (Phi) is 8.33. The number of halogens is 1. The van der Waals surface area contributed by atoms with Gasteiger partial charge in [-0.1, -0.05) is 11.8 Å². The number of rotatable bonds is 8. The molecule has 2 atom stereocenters. The van der Waals surface area contributed by atoms with Gasteiger partial charge in [0, 0.05) is 30.1 Å². The Hall–Kier alpha value is -3.43. The Bertz CT molecular complexity index is 1220. The monoisotopic (exact) mass is 474 g/mol. The molecule has 5 nitrogen and oxygen atoms in total. The zero-order valence-corrected chi connectivity index (χ0v) is 20.0. The Morgan fingerprint density at radius 3 is 2.80 bits per heavy atom. The molecule has 4 rings (SSSR count). The first-order valence-corrected chi connectivity index (χ1v) is 12.1. The molecule has 6 heteroatoms. The van der Waals surface area contributed by atoms with E-state index < -0.39 is 5.97 Å². The van der Waals surface area contributed by atoms with Crippen LogP contribution in [0.25, 0.3) is 10.9 Å². The molecular formula is C29H31FN2O3. The lowest BCUT2D eigenvalue weighted by molar-refractivity contribution is -0.139. The highest BCUT2D eigenvalue weighted by Crippen LogP contribution is 2.31. The molecule has 0 amide bonds. The predicted octanol–water partition coefficient (Wildman–Crippen LogP) is 5.17. The average Bonchev–Trinajstić information content (AvgIpc) is 2.86. The number of carboxylic acids is 1. The Labute approximate surface area is 205 Å². The minimum Gasteiger partial charge on any atom is -0.497 e. The van der Waals surface area contributed by atoms with Crippen LogP contribution in [-0.4, -0.2) is 47.7 Å². The molecule has 0 spiro atoms. The number of benzene rings is 2. The van der Waals surface area contributed by atoms with E-state index in [4.69, 9.17) is 4.74 Å². The summed E-state index contributed by atoms with van der Waals surface area (Å²) in [6.07, 6.45) is 5.93. The van der Waals surface area contributed by atoms with E-state index in [1.807, 2.05) is 24.4 Å². The molecule has 0 unspecified atom stereocenters. The van der Waals surface area contributed by atoms with E-state index in [0.717, 1.165) is 61.0 Å². The number of hydrogen-bond acceptors (Lipinski definition) is 4. The fourth-order valence-corrected chi connectivity index (χ4v) is 5.00. The molecule has 1 N–H and O–H groups in total. The summed E-state index contributed by atoms with van der Waals surface area (Å²) in [5, 5.41) is 10.6. The van der Waals surface area contributed by atoms with Crippen LogP contribution in [0.4, 0.5) is 4.39 Å². The molecule has 0 radical (unpaired) electrons. The number of likely N-dealkylation sites (tertiary alicyclic amines) is 1. The lowest BCUT2D eigenvalue weighted by Crippen LogP contribution is -2.41. The summed E-state index contributed by atoms with van der Waals surface area (Å²) in [5.74, 6) is 6.54. The molecule has 0 saturated carbocycles. The van der Waals surface area contributed by atoms with Crippen molar-refractivity contribution < 1.29 is 19.0 Å². The fourth-order valence-electron chi connectivity index (χ4n) is 5.00. The van der Waals surface area contributed by atoms with E-state index in [1.165, 1.54) is 17.7 Å². The number of carbonyl (C=O) groups is 1. The van der Waals surface area contributed by atoms with Gasteiger partial charge in [-0.25, -0.2) is 4.39 Å². The lowest BCUT2D eigenvalue weighted by atomic mass is 9.80. The average molecular weight is 475 g/mol. The van der Waals surface area contributed by atoms with Crippen molar-refractivity contribution in [3.8, 4) is 17.6 Å². The summed E-state index contributed by atoms with van der Waals surface area (Å²) in [6, 6.07) is 14.2. The molecule has 3 aromatic rings. The van der Waals surface area contributed by atoms with Crippen LogP contribution in [0, 0.1) is 29.5 Å². The summed E-state index contributed by atoms with van der Waals surface area (Å²) >= 11 is 0. The molecule has 2 aromatic carbocycles. The maximum Gasteiger partial charge on any atom is 0.303 e. The van der Waals surface area contributed by atoms with Crippen molar-refractivity contribution in [3.05, 3.63) is 71.7 Å². The number of pyridine rings is 1. The van der Waals surface area contributed by atoms with E-state index in [0.29, 0.717) is 12.5 Å². The van der Waals surface area contributed by atoms with Gasteiger partial charge in [-0.15, -0.1) is 0 Å². The number of aliphatic carboxylic acids is 1. The summed E-state index contributed by atoms with van der Waals surface area (Å²) in [7, 11) is 1.67. The predicted molar refractivity (Wildman–Crippen MR) is 135 cm³/mol. The molecule has 1 aliphatic heterocycles. The van der Waals surface area contributed by atoms with Crippen molar-refractivity contribution in [1.29, 1.82) is 0 Å². The van der Waals surface area contributed by atoms with Crippen LogP contribution < -0.4 is 4.74 Å². The van der Waals surface area contributed by atoms with Gasteiger partial charge in [-0.2, -0.15) is 0 Å². The summed E-state index contributed by atoms with van der Waals surface area (Å²) in [5.41, 5.74) is 2.99. The van der Waals surface area contributed by atoms with E-state index in [2.05, 4.69) is 27.8 Å². The van der Waals surface area contributed by atoms with Crippen LogP contribution in [0.15, 0.2) is 54.7 Å². The van der Waals surface area contributed by atoms with Gasteiger partial charge < -0.3 is 9.84 Å². The highest BCUT2D eigenvalue weighted by Gasteiger charge is 2.30. The van der Waals surface area contributed by atoms with Crippen molar-refractivity contribution in [3.63, 3.8) is 0 Å². The van der Waals surface area contributed by atoms with E-state index in [-0.39, 0.29) is 18.2 Å². The third-order valence-electron chi connectivity index (χ3n) is 6.85. The van der Waals surface area contributed by atoms with Crippen LogP contribution in [0.3, 0.4) is 0 Å². The molecule has 35 heavy (non-hydrogen) atoms. The quantitative estimate of drug-likeness (QED) is 0.457. The molecule has 2 heterocycles. The van der Waals surface area contributed by atoms with Crippen molar-refractivity contribution in [2.24, 2.45) is 11.8 Å². The number of carboxylic acid groups (broad SMARTS) is 1. The van der Waals surface area contributed by atoms with E-state index >= 15 is 0 Å². The van der Waals surface area contributed by atoms with Gasteiger partial charge >= 0.3 is 5.97 Å². The van der Waals surface area contributed by atoms with Crippen LogP contribution in [0.1, 0.15) is 36.8 Å². The van der Waals surface area contributed by atoms with Crippen molar-refractivity contribution >= 4 is 16.9 Å². The van der Waals surface area contributed by atoms with Gasteiger partial charge in [-0.05, 0) is 98.2 Å². The highest BCUT2D eigenvalue weighted by atomic mass is 19.1. The number of ether oxygens (including phenoxy) is 1. The molecule has 1 aliphatic rings. The maximum absolute atomic E-state index is 13.1. The Morgan fingerprint density at radius 1 is 1.20 bits per heavy atom. The van der Waals surface area contributed by atoms with Crippen LogP contribution >= 0.6 is 0 Å². The SMILES string of the molecule is COc1ccc2nccc(CCC[C@@H]3CCN(CC#Cc4ccc(F)cc4)C[C@@H]3CC(=O)O)c2c1. The van der Waals surface area contributed by atoms with Crippen LogP contribution in [-0.2, 0) is 11.2 Å². The Balaban J connectivity index is 1.34. The topological polar surface area (TPSA) is 62.7 Å². The number of nitrogens with zero attached hydrogens (tertiary/aromatic N) is 2. The van der Waals surface area contributed by atoms with E-state index in [9.17, 15) is 14.3 Å². The number of piperidine rings is 1. The molecule has 1 fully saturated rings. The number of methoxy groups -OCH3 is 1. The molecular weight excluding hydrogens is 443 g/mol. The van der Waals surface area contributed by atoms with Crippen molar-refractivity contribution in [1.82, 2.24) is 9.88 Å². The minimum atomic E-state index is -0.744. The van der Waals surface area contributed by atoms with Gasteiger partial charge in [0.05, 0.1) is 19.2 Å². The number of fused-ring (bicyclic) bond motifs is 1. The van der Waals surface area contributed by atoms with E-state index in [1.54, 1.807) is 19.2 Å². The van der Waals surface area contributed by atoms with Gasteiger partial charge in [0.25, 0.3) is 0 Å². The van der Waals surface area contributed by atoms with Gasteiger partial charge in [0.1, 0.15) is 11.6 Å². The third kappa shape index (κ3) is 6.80. The molecule has 0 aliphatic carbocycles. The summed E-state index contributed by atoms with van der Waals surface area (Å²) < 4.78 is 18.4. The number of aryl methyl sites for hydroxylation is 1. The highest BCUT2D eigenvalue weighted by molar-refractivity contribution is 5.83. The lowest BCUT2D eigenvalue weighted by Gasteiger charge is -2.37. The molecule has 1 aromatic heterocycles. The smallest absolute Gasteiger partial charge is 0.303 e. The van der Waals surface area contributed by atoms with Crippen LogP contribution in [0.5, 0.6) is 5.75 Å². The largest absolute Gasteiger partial charge is 0.497 e. The van der Waals surface area contributed by atoms with Crippen molar-refractivity contribution in [2.75, 3.05) is 26.7 Å². The fraction of sp³-hybridized carbons (Fsp3) is 0.379. The zero-order valence-electron chi connectivity index (χ0n) is 20.0. The van der Waals surface area contributed by atoms with Gasteiger partial charge in [0.15, 0.2) is 0 Å². The summed E-state index contributed by atoms with van der Waals surface area (Å²) in [6.45, 7) is 2.24. The molecule has 0 bridgehead atoms. The first-order chi connectivity index (χ1) is 17.0. The Morgan fingerprint density at radius 2 is 2.03 bits per heavy atom. The van der Waals surface area contributed by atoms with Gasteiger partial charge in [0.2, 0.25) is 0 Å². The second-order valence-electron chi connectivity index (χ2n) is 9.20. The van der Waals surface area contributed by atoms with Gasteiger partial charge in [-0.3, -0.25) is 14.7 Å². The number of aromatic nitrogens is 1. The zero-order chi connectivity index (χ0) is 24.6. The summed E-state index contributed by atoms with van der Waals surface area (Å²) in [4.78, 5) is 18.3. The third-order valence-corrected chi connectivity index (χ3v) is 6.85. The first kappa shape index (κ1) is 24.7. The molecule has 182 valence electrons. The normalized spacial score (nSPS) is 18.1. The standard InChI is InChI=1S/C29H31FN2O3/c1-35-26-11-12-28-27(19-26)23(13-15-31-28)6-2-5-22-14-17-32(20-24(22)18-29(33)34)16-3-4-21-7-9-25(30)10-8-21/h7-13,15,19,22,24H,2,5-6,14,16-18,20H2,1H3,(H,33,34)/t22-,24+/m1/s1. The molecule has 1 saturated heterocycles. The second kappa shape index (κ2) is 11.8. The van der Waals surface area contributed by atoms with Crippen LogP contribution in [0.2, 0.25) is 0 Å². The minimum absolute atomic E-state index is 0.114. The second-order valence-corrected chi connectivity index (χ2v) is 9.20. The van der Waals surface area contributed by atoms with Crippen molar-refractivity contribution in [2.45, 2.75) is 32.1 Å². The maximum atomic E-state index is 13.1.